The van der Waals surface area contributed by atoms with Gasteiger partial charge in [-0.2, -0.15) is 0 Å². The molecule has 2 rings (SSSR count). The molecule has 0 bridgehead atoms. The number of piperidine rings is 1. The van der Waals surface area contributed by atoms with Crippen LogP contribution in [0.3, 0.4) is 0 Å². The highest BCUT2D eigenvalue weighted by Crippen LogP contribution is 2.36. The third-order valence-corrected chi connectivity index (χ3v) is 4.51. The van der Waals surface area contributed by atoms with Crippen LogP contribution in [0.15, 0.2) is 18.5 Å². The summed E-state index contributed by atoms with van der Waals surface area (Å²) in [5.41, 5.74) is 1.19. The number of nitrogens with zero attached hydrogens (tertiary/aromatic N) is 2. The first-order valence-electron chi connectivity index (χ1n) is 7.46. The monoisotopic (exact) mass is 296 g/mol. The fourth-order valence-electron chi connectivity index (χ4n) is 3.44. The topological polar surface area (TPSA) is 36.4 Å². The summed E-state index contributed by atoms with van der Waals surface area (Å²) < 4.78 is 0. The summed E-state index contributed by atoms with van der Waals surface area (Å²) in [7, 11) is 0. The van der Waals surface area contributed by atoms with E-state index in [2.05, 4.69) is 23.7 Å². The number of aliphatic hydroxyl groups excluding tert-OH is 1. The minimum Gasteiger partial charge on any atom is -0.396 e. The van der Waals surface area contributed by atoms with Gasteiger partial charge in [-0.05, 0) is 43.4 Å². The van der Waals surface area contributed by atoms with Crippen molar-refractivity contribution in [1.82, 2.24) is 9.88 Å². The smallest absolute Gasteiger partial charge is 0.0634 e. The molecule has 1 aliphatic rings. The van der Waals surface area contributed by atoms with E-state index >= 15 is 0 Å². The van der Waals surface area contributed by atoms with Gasteiger partial charge in [0.1, 0.15) is 0 Å². The van der Waals surface area contributed by atoms with Gasteiger partial charge in [-0.15, -0.1) is 0 Å². The Morgan fingerprint density at radius 3 is 2.95 bits per heavy atom. The number of halogens is 1. The molecular weight excluding hydrogens is 272 g/mol. The van der Waals surface area contributed by atoms with Gasteiger partial charge in [-0.25, -0.2) is 0 Å². The molecule has 1 saturated heterocycles. The van der Waals surface area contributed by atoms with Crippen molar-refractivity contribution >= 4 is 11.6 Å². The lowest BCUT2D eigenvalue weighted by Crippen LogP contribution is -2.45. The predicted octanol–water partition coefficient (Wildman–Crippen LogP) is 3.36. The number of pyridine rings is 1. The standard InChI is InChI=1S/C16H25ClN2O/c1-13(2)8-16(12-20)5-3-7-19(11-16)10-14-4-6-18-9-15(14)17/h4,6,9,13,20H,3,5,7-8,10-12H2,1-2H3. The molecule has 1 aliphatic heterocycles. The molecule has 0 saturated carbocycles. The quantitative estimate of drug-likeness (QED) is 0.905. The lowest BCUT2D eigenvalue weighted by atomic mass is 9.74. The van der Waals surface area contributed by atoms with Crippen molar-refractivity contribution in [2.75, 3.05) is 19.7 Å². The number of aromatic nitrogens is 1. The Kier molecular flexibility index (Phi) is 5.42. The molecule has 1 aromatic heterocycles. The Labute approximate surface area is 127 Å². The van der Waals surface area contributed by atoms with Crippen LogP contribution in [0.4, 0.5) is 0 Å². The Hall–Kier alpha value is -0.640. The van der Waals surface area contributed by atoms with Crippen LogP contribution in [0.25, 0.3) is 0 Å². The van der Waals surface area contributed by atoms with Crippen molar-refractivity contribution in [1.29, 1.82) is 0 Å². The fourth-order valence-corrected chi connectivity index (χ4v) is 3.62. The molecule has 1 aromatic rings. The number of aliphatic hydroxyl groups is 1. The van der Waals surface area contributed by atoms with Crippen LogP contribution in [-0.4, -0.2) is 34.7 Å². The maximum Gasteiger partial charge on any atom is 0.0634 e. The molecule has 0 radical (unpaired) electrons. The molecule has 20 heavy (non-hydrogen) atoms. The van der Waals surface area contributed by atoms with Crippen LogP contribution in [0.2, 0.25) is 5.02 Å². The summed E-state index contributed by atoms with van der Waals surface area (Å²) in [5.74, 6) is 0.617. The van der Waals surface area contributed by atoms with Crippen LogP contribution < -0.4 is 0 Å². The first kappa shape index (κ1) is 15.7. The van der Waals surface area contributed by atoms with Crippen molar-refractivity contribution in [3.05, 3.63) is 29.0 Å². The highest BCUT2D eigenvalue weighted by molar-refractivity contribution is 6.31. The van der Waals surface area contributed by atoms with Gasteiger partial charge in [0, 0.05) is 37.5 Å². The molecule has 0 aliphatic carbocycles. The van der Waals surface area contributed by atoms with E-state index < -0.39 is 0 Å². The molecule has 0 spiro atoms. The fraction of sp³-hybridized carbons (Fsp3) is 0.688. The van der Waals surface area contributed by atoms with Gasteiger partial charge in [0.25, 0.3) is 0 Å². The second kappa shape index (κ2) is 6.88. The average Bonchev–Trinajstić information content (AvgIpc) is 2.41. The second-order valence-electron chi connectivity index (χ2n) is 6.54. The summed E-state index contributed by atoms with van der Waals surface area (Å²) in [6.45, 7) is 7.64. The van der Waals surface area contributed by atoms with E-state index in [1.165, 1.54) is 0 Å². The van der Waals surface area contributed by atoms with Crippen LogP contribution in [0, 0.1) is 11.3 Å². The maximum absolute atomic E-state index is 9.87. The zero-order valence-corrected chi connectivity index (χ0v) is 13.2. The molecule has 1 unspecified atom stereocenters. The van der Waals surface area contributed by atoms with Crippen LogP contribution in [0.5, 0.6) is 0 Å². The third-order valence-electron chi connectivity index (χ3n) is 4.17. The van der Waals surface area contributed by atoms with Crippen molar-refractivity contribution in [2.45, 2.75) is 39.7 Å². The SMILES string of the molecule is CC(C)CC1(CO)CCCN(Cc2ccncc2Cl)C1. The van der Waals surface area contributed by atoms with Gasteiger partial charge in [-0.1, -0.05) is 25.4 Å². The minimum atomic E-state index is 0.0614. The van der Waals surface area contributed by atoms with Crippen molar-refractivity contribution in [2.24, 2.45) is 11.3 Å². The molecule has 112 valence electrons. The zero-order chi connectivity index (χ0) is 14.6. The van der Waals surface area contributed by atoms with E-state index in [4.69, 9.17) is 11.6 Å². The Morgan fingerprint density at radius 1 is 1.50 bits per heavy atom. The van der Waals surface area contributed by atoms with Gasteiger partial charge in [-0.3, -0.25) is 9.88 Å². The van der Waals surface area contributed by atoms with E-state index in [1.54, 1.807) is 12.4 Å². The Bertz CT molecular complexity index is 438. The third kappa shape index (κ3) is 3.94. The van der Waals surface area contributed by atoms with Gasteiger partial charge in [0.15, 0.2) is 0 Å². The number of hydrogen-bond acceptors (Lipinski definition) is 3. The molecule has 1 N–H and O–H groups in total. The number of hydrogen-bond donors (Lipinski definition) is 1. The second-order valence-corrected chi connectivity index (χ2v) is 6.94. The van der Waals surface area contributed by atoms with Gasteiger partial charge >= 0.3 is 0 Å². The molecule has 1 fully saturated rings. The van der Waals surface area contributed by atoms with Crippen LogP contribution in [0.1, 0.15) is 38.7 Å². The van der Waals surface area contributed by atoms with Gasteiger partial charge in [0.2, 0.25) is 0 Å². The zero-order valence-electron chi connectivity index (χ0n) is 12.5. The predicted molar refractivity (Wildman–Crippen MR) is 82.7 cm³/mol. The molecule has 2 heterocycles. The van der Waals surface area contributed by atoms with Crippen LogP contribution >= 0.6 is 11.6 Å². The van der Waals surface area contributed by atoms with E-state index in [0.717, 1.165) is 49.5 Å². The minimum absolute atomic E-state index is 0.0614. The summed E-state index contributed by atoms with van der Waals surface area (Å²) in [6, 6.07) is 1.99. The van der Waals surface area contributed by atoms with E-state index in [-0.39, 0.29) is 12.0 Å². The highest BCUT2D eigenvalue weighted by Gasteiger charge is 2.35. The number of rotatable bonds is 5. The first-order valence-corrected chi connectivity index (χ1v) is 7.84. The Morgan fingerprint density at radius 2 is 2.30 bits per heavy atom. The molecule has 0 amide bonds. The lowest BCUT2D eigenvalue weighted by molar-refractivity contribution is 0.0133. The van der Waals surface area contributed by atoms with Crippen molar-refractivity contribution in [3.8, 4) is 0 Å². The highest BCUT2D eigenvalue weighted by atomic mass is 35.5. The Balaban J connectivity index is 2.04. The van der Waals surface area contributed by atoms with E-state index in [9.17, 15) is 5.11 Å². The van der Waals surface area contributed by atoms with E-state index in [0.29, 0.717) is 5.92 Å². The van der Waals surface area contributed by atoms with Crippen molar-refractivity contribution in [3.63, 3.8) is 0 Å². The molecule has 3 nitrogen and oxygen atoms in total. The van der Waals surface area contributed by atoms with Gasteiger partial charge in [0.05, 0.1) is 5.02 Å². The van der Waals surface area contributed by atoms with Crippen molar-refractivity contribution < 1.29 is 5.11 Å². The number of likely N-dealkylation sites (tertiary alicyclic amines) is 1. The summed E-state index contributed by atoms with van der Waals surface area (Å²) in [5, 5.41) is 10.6. The molecule has 4 heteroatoms. The van der Waals surface area contributed by atoms with E-state index in [1.807, 2.05) is 6.07 Å². The molecule has 1 atom stereocenters. The average molecular weight is 297 g/mol. The summed E-state index contributed by atoms with van der Waals surface area (Å²) in [4.78, 5) is 6.45. The maximum atomic E-state index is 9.87. The normalized spacial score (nSPS) is 24.2. The largest absolute Gasteiger partial charge is 0.396 e. The molecular formula is C16H25ClN2O. The molecule has 0 aromatic carbocycles. The lowest BCUT2D eigenvalue weighted by Gasteiger charge is -2.43. The summed E-state index contributed by atoms with van der Waals surface area (Å²) in [6.07, 6.45) is 6.86. The summed E-state index contributed by atoms with van der Waals surface area (Å²) >= 11 is 6.19. The van der Waals surface area contributed by atoms with Crippen LogP contribution in [-0.2, 0) is 6.54 Å². The van der Waals surface area contributed by atoms with Gasteiger partial charge < -0.3 is 5.11 Å². The first-order chi connectivity index (χ1) is 9.54.